The maximum atomic E-state index is 13.0. The van der Waals surface area contributed by atoms with Gasteiger partial charge in [0.15, 0.2) is 0 Å². The number of amides is 2. The number of carbonyl (C=O) groups is 3. The third-order valence-corrected chi connectivity index (χ3v) is 7.58. The number of anilines is 1. The molecule has 0 N–H and O–H groups in total. The van der Waals surface area contributed by atoms with E-state index < -0.39 is 6.10 Å². The van der Waals surface area contributed by atoms with E-state index in [4.69, 9.17) is 4.74 Å². The molecule has 4 rings (SSSR count). The van der Waals surface area contributed by atoms with Crippen LogP contribution in [0.15, 0.2) is 36.5 Å². The van der Waals surface area contributed by atoms with Gasteiger partial charge in [0.2, 0.25) is 11.8 Å². The first-order chi connectivity index (χ1) is 17.6. The van der Waals surface area contributed by atoms with Crippen molar-refractivity contribution >= 4 is 23.6 Å². The Bertz CT molecular complexity index is 887. The fourth-order valence-electron chi connectivity index (χ4n) is 5.49. The first kappa shape index (κ1) is 26.3. The molecule has 3 heterocycles. The number of unbranched alkanes of at least 4 members (excludes halogenated alkanes) is 4. The van der Waals surface area contributed by atoms with Crippen molar-refractivity contribution in [3.63, 3.8) is 0 Å². The van der Waals surface area contributed by atoms with E-state index in [1.165, 1.54) is 11.3 Å². The van der Waals surface area contributed by atoms with E-state index in [1.54, 1.807) is 6.20 Å². The topological polar surface area (TPSA) is 83.1 Å². The van der Waals surface area contributed by atoms with E-state index in [1.807, 2.05) is 30.4 Å². The maximum Gasteiger partial charge on any atom is 0.306 e. The molecule has 1 aliphatic carbocycles. The predicted molar refractivity (Wildman–Crippen MR) is 138 cm³/mol. The molecule has 8 nitrogen and oxygen atoms in total. The molecule has 2 saturated heterocycles. The average molecular weight is 497 g/mol. The van der Waals surface area contributed by atoms with Crippen molar-refractivity contribution in [2.24, 2.45) is 11.8 Å². The number of fused-ring (bicyclic) bond motifs is 1. The number of nitrogens with zero attached hydrogens (tertiary/aromatic N) is 4. The van der Waals surface area contributed by atoms with E-state index >= 15 is 0 Å². The molecule has 1 unspecified atom stereocenters. The van der Waals surface area contributed by atoms with Gasteiger partial charge in [-0.05, 0) is 31.4 Å². The molecule has 0 radical (unpaired) electrons. The van der Waals surface area contributed by atoms with Crippen LogP contribution in [0, 0.1) is 11.8 Å². The summed E-state index contributed by atoms with van der Waals surface area (Å²) in [6.45, 7) is 6.09. The second kappa shape index (κ2) is 13.0. The standard InChI is InChI=1S/C28H40N4O4/c1-2-3-4-5-6-14-26(33)36-22(21-32-27(34)23-11-7-8-12-24(23)28(32)35)20-30-16-18-31(19-17-30)25-13-9-10-15-29-25/h7-10,13,15,22-24H,2-6,11-12,14,16-21H2,1H3/t22?,23-,24+. The van der Waals surface area contributed by atoms with Crippen LogP contribution in [0.1, 0.15) is 58.3 Å². The minimum Gasteiger partial charge on any atom is -0.459 e. The average Bonchev–Trinajstić information content (AvgIpc) is 3.14. The fraction of sp³-hybridized carbons (Fsp3) is 0.643. The number of carbonyl (C=O) groups excluding carboxylic acids is 3. The highest BCUT2D eigenvalue weighted by Gasteiger charge is 2.48. The quantitative estimate of drug-likeness (QED) is 0.190. The number of esters is 1. The fourth-order valence-corrected chi connectivity index (χ4v) is 5.49. The summed E-state index contributed by atoms with van der Waals surface area (Å²) in [7, 11) is 0. The van der Waals surface area contributed by atoms with Crippen LogP contribution in [0.2, 0.25) is 0 Å². The monoisotopic (exact) mass is 496 g/mol. The number of hydrogen-bond donors (Lipinski definition) is 0. The molecule has 196 valence electrons. The highest BCUT2D eigenvalue weighted by molar-refractivity contribution is 6.05. The van der Waals surface area contributed by atoms with Gasteiger partial charge in [-0.2, -0.15) is 0 Å². The van der Waals surface area contributed by atoms with Gasteiger partial charge in [-0.25, -0.2) is 4.98 Å². The lowest BCUT2D eigenvalue weighted by atomic mass is 9.85. The second-order valence-electron chi connectivity index (χ2n) is 10.2. The van der Waals surface area contributed by atoms with Gasteiger partial charge in [0.05, 0.1) is 18.4 Å². The summed E-state index contributed by atoms with van der Waals surface area (Å²) < 4.78 is 5.91. The molecule has 8 heteroatoms. The lowest BCUT2D eigenvalue weighted by Crippen LogP contribution is -2.51. The largest absolute Gasteiger partial charge is 0.459 e. The van der Waals surface area contributed by atoms with Gasteiger partial charge in [0.1, 0.15) is 11.9 Å². The van der Waals surface area contributed by atoms with E-state index in [2.05, 4.69) is 21.7 Å². The van der Waals surface area contributed by atoms with Crippen LogP contribution < -0.4 is 4.90 Å². The number of aromatic nitrogens is 1. The Morgan fingerprint density at radius 3 is 2.31 bits per heavy atom. The molecule has 2 amide bonds. The van der Waals surface area contributed by atoms with Crippen LogP contribution in [-0.4, -0.2) is 77.9 Å². The number of ether oxygens (including phenoxy) is 1. The summed E-state index contributed by atoms with van der Waals surface area (Å²) in [4.78, 5) is 49.1. The molecular formula is C28H40N4O4. The van der Waals surface area contributed by atoms with E-state index in [0.717, 1.165) is 57.7 Å². The van der Waals surface area contributed by atoms with Gasteiger partial charge in [-0.3, -0.25) is 24.2 Å². The Labute approximate surface area is 214 Å². The van der Waals surface area contributed by atoms with Gasteiger partial charge in [0.25, 0.3) is 0 Å². The number of likely N-dealkylation sites (tertiary alicyclic amines) is 1. The Morgan fingerprint density at radius 2 is 1.67 bits per heavy atom. The normalized spacial score (nSPS) is 23.1. The van der Waals surface area contributed by atoms with E-state index in [0.29, 0.717) is 25.8 Å². The van der Waals surface area contributed by atoms with Gasteiger partial charge in [0, 0.05) is 45.3 Å². The molecule has 0 spiro atoms. The zero-order valence-corrected chi connectivity index (χ0v) is 21.5. The zero-order valence-electron chi connectivity index (χ0n) is 21.5. The van der Waals surface area contributed by atoms with Crippen LogP contribution in [0.5, 0.6) is 0 Å². The third-order valence-electron chi connectivity index (χ3n) is 7.58. The summed E-state index contributed by atoms with van der Waals surface area (Å²) in [5.74, 6) is -0.0296. The first-order valence-corrected chi connectivity index (χ1v) is 13.6. The summed E-state index contributed by atoms with van der Waals surface area (Å²) in [5, 5.41) is 0. The Morgan fingerprint density at radius 1 is 0.972 bits per heavy atom. The SMILES string of the molecule is CCCCCCCC(=O)OC(CN1CCN(c2ccccn2)CC1)CN1C(=O)[C@H]2CC=CC[C@H]2C1=O. The number of imide groups is 1. The Kier molecular flexibility index (Phi) is 9.50. The van der Waals surface area contributed by atoms with Gasteiger partial charge in [-0.15, -0.1) is 0 Å². The molecule has 1 aromatic rings. The van der Waals surface area contributed by atoms with Crippen molar-refractivity contribution in [1.29, 1.82) is 0 Å². The van der Waals surface area contributed by atoms with Crippen molar-refractivity contribution in [2.75, 3.05) is 44.2 Å². The van der Waals surface area contributed by atoms with Crippen LogP contribution in [-0.2, 0) is 19.1 Å². The summed E-state index contributed by atoms with van der Waals surface area (Å²) in [6, 6.07) is 5.92. The molecular weight excluding hydrogens is 456 g/mol. The van der Waals surface area contributed by atoms with Crippen LogP contribution in [0.4, 0.5) is 5.82 Å². The highest BCUT2D eigenvalue weighted by atomic mass is 16.5. The lowest BCUT2D eigenvalue weighted by molar-refractivity contribution is -0.155. The van der Waals surface area contributed by atoms with Crippen molar-refractivity contribution in [3.05, 3.63) is 36.5 Å². The van der Waals surface area contributed by atoms with Gasteiger partial charge in [-0.1, -0.05) is 50.8 Å². The number of rotatable bonds is 12. The zero-order chi connectivity index (χ0) is 25.3. The summed E-state index contributed by atoms with van der Waals surface area (Å²) in [6.07, 6.45) is 12.2. The molecule has 2 fully saturated rings. The van der Waals surface area contributed by atoms with Crippen molar-refractivity contribution in [3.8, 4) is 0 Å². The third kappa shape index (κ3) is 6.72. The molecule has 3 atom stereocenters. The molecule has 0 aromatic carbocycles. The molecule has 2 aliphatic heterocycles. The van der Waals surface area contributed by atoms with E-state index in [9.17, 15) is 14.4 Å². The molecule has 3 aliphatic rings. The summed E-state index contributed by atoms with van der Waals surface area (Å²) >= 11 is 0. The minimum absolute atomic E-state index is 0.116. The predicted octanol–water partition coefficient (Wildman–Crippen LogP) is 3.43. The number of piperazine rings is 1. The second-order valence-corrected chi connectivity index (χ2v) is 10.2. The van der Waals surface area contributed by atoms with Gasteiger partial charge < -0.3 is 9.64 Å². The van der Waals surface area contributed by atoms with Crippen molar-refractivity contribution in [2.45, 2.75) is 64.4 Å². The van der Waals surface area contributed by atoms with Crippen molar-refractivity contribution < 1.29 is 19.1 Å². The van der Waals surface area contributed by atoms with Gasteiger partial charge >= 0.3 is 5.97 Å². The summed E-state index contributed by atoms with van der Waals surface area (Å²) in [5.41, 5.74) is 0. The maximum absolute atomic E-state index is 13.0. The first-order valence-electron chi connectivity index (χ1n) is 13.6. The van der Waals surface area contributed by atoms with Crippen LogP contribution in [0.25, 0.3) is 0 Å². The van der Waals surface area contributed by atoms with Crippen LogP contribution >= 0.6 is 0 Å². The molecule has 0 bridgehead atoms. The Balaban J connectivity index is 1.35. The van der Waals surface area contributed by atoms with Crippen LogP contribution in [0.3, 0.4) is 0 Å². The van der Waals surface area contributed by atoms with Crippen molar-refractivity contribution in [1.82, 2.24) is 14.8 Å². The smallest absolute Gasteiger partial charge is 0.306 e. The Hall–Kier alpha value is -2.74. The number of pyridine rings is 1. The minimum atomic E-state index is -0.518. The number of allylic oxidation sites excluding steroid dienone is 2. The number of hydrogen-bond acceptors (Lipinski definition) is 7. The molecule has 0 saturated carbocycles. The molecule has 36 heavy (non-hydrogen) atoms. The van der Waals surface area contributed by atoms with E-state index in [-0.39, 0.29) is 36.2 Å². The lowest BCUT2D eigenvalue weighted by Gasteiger charge is -2.37. The molecule has 1 aromatic heterocycles. The highest BCUT2D eigenvalue weighted by Crippen LogP contribution is 2.35.